The van der Waals surface area contributed by atoms with E-state index < -0.39 is 0 Å². The number of nitrogens with zero attached hydrogens (tertiary/aromatic N) is 1. The monoisotopic (exact) mass is 277 g/mol. The van der Waals surface area contributed by atoms with Gasteiger partial charge in [-0.1, -0.05) is 13.8 Å². The first kappa shape index (κ1) is 14.8. The molecule has 1 aliphatic heterocycles. The number of pyridine rings is 1. The van der Waals surface area contributed by atoms with Gasteiger partial charge in [0.15, 0.2) is 0 Å². The molecule has 1 aliphatic rings. The third-order valence-electron chi connectivity index (χ3n) is 3.60. The Labute approximate surface area is 120 Å². The fourth-order valence-electron chi connectivity index (χ4n) is 2.60. The van der Waals surface area contributed by atoms with Gasteiger partial charge in [0.25, 0.3) is 0 Å². The van der Waals surface area contributed by atoms with Crippen LogP contribution in [0.15, 0.2) is 18.3 Å². The number of hydrogen-bond donors (Lipinski definition) is 2. The van der Waals surface area contributed by atoms with Crippen molar-refractivity contribution in [1.29, 1.82) is 0 Å². The van der Waals surface area contributed by atoms with Gasteiger partial charge in [-0.3, -0.25) is 5.32 Å². The molecule has 0 bridgehead atoms. The molecule has 0 radical (unpaired) electrons. The Bertz CT molecular complexity index is 462. The Morgan fingerprint density at radius 3 is 3.05 bits per heavy atom. The SMILES string of the molecule is Cc1ccnc(NC(=O)NC[C@H]2CCO[C@@H]2C(C)C)c1. The lowest BCUT2D eigenvalue weighted by Gasteiger charge is -2.22. The zero-order valence-electron chi connectivity index (χ0n) is 12.3. The van der Waals surface area contributed by atoms with Crippen LogP contribution in [0.3, 0.4) is 0 Å². The number of ether oxygens (including phenoxy) is 1. The number of nitrogens with one attached hydrogen (secondary N) is 2. The van der Waals surface area contributed by atoms with Crippen LogP contribution in [0.25, 0.3) is 0 Å². The number of hydrogen-bond acceptors (Lipinski definition) is 3. The van der Waals surface area contributed by atoms with E-state index in [9.17, 15) is 4.79 Å². The molecular weight excluding hydrogens is 254 g/mol. The van der Waals surface area contributed by atoms with Gasteiger partial charge in [0.05, 0.1) is 6.10 Å². The fourth-order valence-corrected chi connectivity index (χ4v) is 2.60. The van der Waals surface area contributed by atoms with Crippen LogP contribution in [0.4, 0.5) is 10.6 Å². The molecule has 5 heteroatoms. The highest BCUT2D eigenvalue weighted by Gasteiger charge is 2.30. The number of aryl methyl sites for hydroxylation is 1. The molecule has 1 aromatic heterocycles. The summed E-state index contributed by atoms with van der Waals surface area (Å²) in [6.45, 7) is 7.70. The van der Waals surface area contributed by atoms with Gasteiger partial charge in [-0.15, -0.1) is 0 Å². The van der Waals surface area contributed by atoms with E-state index in [0.29, 0.717) is 24.2 Å². The zero-order chi connectivity index (χ0) is 14.5. The topological polar surface area (TPSA) is 63.2 Å². The molecule has 0 aliphatic carbocycles. The van der Waals surface area contributed by atoms with Gasteiger partial charge < -0.3 is 10.1 Å². The Morgan fingerprint density at radius 2 is 2.35 bits per heavy atom. The van der Waals surface area contributed by atoms with Crippen LogP contribution in [0.1, 0.15) is 25.8 Å². The predicted octanol–water partition coefficient (Wildman–Crippen LogP) is 2.57. The van der Waals surface area contributed by atoms with Gasteiger partial charge in [0.1, 0.15) is 5.82 Å². The number of aromatic nitrogens is 1. The first-order valence-corrected chi connectivity index (χ1v) is 7.15. The minimum atomic E-state index is -0.211. The Balaban J connectivity index is 1.80. The number of amides is 2. The van der Waals surface area contributed by atoms with Crippen LogP contribution in [-0.2, 0) is 4.74 Å². The molecule has 20 heavy (non-hydrogen) atoms. The van der Waals surface area contributed by atoms with Crippen LogP contribution in [0, 0.1) is 18.8 Å². The quantitative estimate of drug-likeness (QED) is 0.889. The van der Waals surface area contributed by atoms with Crippen molar-refractivity contribution in [1.82, 2.24) is 10.3 Å². The molecule has 1 aromatic rings. The molecule has 2 atom stereocenters. The molecule has 0 unspecified atom stereocenters. The second-order valence-corrected chi connectivity index (χ2v) is 5.68. The van der Waals surface area contributed by atoms with Crippen LogP contribution >= 0.6 is 0 Å². The van der Waals surface area contributed by atoms with E-state index in [4.69, 9.17) is 4.74 Å². The van der Waals surface area contributed by atoms with E-state index in [1.165, 1.54) is 0 Å². The van der Waals surface area contributed by atoms with E-state index in [-0.39, 0.29) is 12.1 Å². The number of urea groups is 1. The summed E-state index contributed by atoms with van der Waals surface area (Å²) >= 11 is 0. The zero-order valence-corrected chi connectivity index (χ0v) is 12.3. The van der Waals surface area contributed by atoms with E-state index in [2.05, 4.69) is 29.5 Å². The Kier molecular flexibility index (Phi) is 4.95. The molecule has 110 valence electrons. The summed E-state index contributed by atoms with van der Waals surface area (Å²) in [5.41, 5.74) is 1.07. The Morgan fingerprint density at radius 1 is 1.55 bits per heavy atom. The summed E-state index contributed by atoms with van der Waals surface area (Å²) in [4.78, 5) is 16.0. The van der Waals surface area contributed by atoms with Gasteiger partial charge in [-0.2, -0.15) is 0 Å². The molecule has 2 amide bonds. The second kappa shape index (κ2) is 6.70. The maximum absolute atomic E-state index is 11.9. The van der Waals surface area contributed by atoms with Crippen molar-refractivity contribution < 1.29 is 9.53 Å². The Hall–Kier alpha value is -1.62. The van der Waals surface area contributed by atoms with E-state index in [0.717, 1.165) is 18.6 Å². The summed E-state index contributed by atoms with van der Waals surface area (Å²) in [5.74, 6) is 1.45. The molecule has 2 rings (SSSR count). The van der Waals surface area contributed by atoms with Crippen LogP contribution < -0.4 is 10.6 Å². The highest BCUT2D eigenvalue weighted by atomic mass is 16.5. The summed E-state index contributed by atoms with van der Waals surface area (Å²) in [5, 5.41) is 5.66. The van der Waals surface area contributed by atoms with Crippen molar-refractivity contribution in [3.05, 3.63) is 23.9 Å². The van der Waals surface area contributed by atoms with E-state index in [1.54, 1.807) is 6.20 Å². The first-order chi connectivity index (χ1) is 9.56. The largest absolute Gasteiger partial charge is 0.378 e. The number of rotatable bonds is 4. The normalized spacial score (nSPS) is 22.0. The van der Waals surface area contributed by atoms with Gasteiger partial charge in [-0.25, -0.2) is 9.78 Å². The fraction of sp³-hybridized carbons (Fsp3) is 0.600. The van der Waals surface area contributed by atoms with Crippen molar-refractivity contribution in [3.63, 3.8) is 0 Å². The number of carbonyl (C=O) groups is 1. The lowest BCUT2D eigenvalue weighted by molar-refractivity contribution is 0.0546. The molecular formula is C15H23N3O2. The molecule has 0 spiro atoms. The number of carbonyl (C=O) groups excluding carboxylic acids is 1. The maximum Gasteiger partial charge on any atom is 0.320 e. The minimum Gasteiger partial charge on any atom is -0.378 e. The van der Waals surface area contributed by atoms with Gasteiger partial charge in [0.2, 0.25) is 0 Å². The standard InChI is InChI=1S/C15H23N3O2/c1-10(2)14-12(5-7-20-14)9-17-15(19)18-13-8-11(3)4-6-16-13/h4,6,8,10,12,14H,5,7,9H2,1-3H3,(H2,16,17,18,19)/t12-,14-/m1/s1. The first-order valence-electron chi connectivity index (χ1n) is 7.15. The minimum absolute atomic E-state index is 0.211. The molecule has 1 saturated heterocycles. The van der Waals surface area contributed by atoms with Crippen molar-refractivity contribution in [2.45, 2.75) is 33.3 Å². The van der Waals surface area contributed by atoms with E-state index >= 15 is 0 Å². The van der Waals surface area contributed by atoms with Crippen molar-refractivity contribution in [3.8, 4) is 0 Å². The van der Waals surface area contributed by atoms with Gasteiger partial charge in [-0.05, 0) is 37.0 Å². The van der Waals surface area contributed by atoms with Crippen molar-refractivity contribution >= 4 is 11.8 Å². The molecule has 2 N–H and O–H groups in total. The third kappa shape index (κ3) is 3.93. The second-order valence-electron chi connectivity index (χ2n) is 5.68. The lowest BCUT2D eigenvalue weighted by Crippen LogP contribution is -2.37. The lowest BCUT2D eigenvalue weighted by atomic mass is 9.93. The predicted molar refractivity (Wildman–Crippen MR) is 78.7 cm³/mol. The summed E-state index contributed by atoms with van der Waals surface area (Å²) in [6, 6.07) is 3.53. The van der Waals surface area contributed by atoms with Crippen LogP contribution in [-0.4, -0.2) is 30.3 Å². The summed E-state index contributed by atoms with van der Waals surface area (Å²) in [7, 11) is 0. The van der Waals surface area contributed by atoms with Gasteiger partial charge >= 0.3 is 6.03 Å². The molecule has 0 saturated carbocycles. The van der Waals surface area contributed by atoms with Crippen LogP contribution in [0.5, 0.6) is 0 Å². The third-order valence-corrected chi connectivity index (χ3v) is 3.60. The van der Waals surface area contributed by atoms with E-state index in [1.807, 2.05) is 19.1 Å². The molecule has 0 aromatic carbocycles. The molecule has 2 heterocycles. The average Bonchev–Trinajstić information content (AvgIpc) is 2.85. The smallest absolute Gasteiger partial charge is 0.320 e. The molecule has 1 fully saturated rings. The van der Waals surface area contributed by atoms with Crippen LogP contribution in [0.2, 0.25) is 0 Å². The highest BCUT2D eigenvalue weighted by Crippen LogP contribution is 2.26. The highest BCUT2D eigenvalue weighted by molar-refractivity contribution is 5.88. The maximum atomic E-state index is 11.9. The summed E-state index contributed by atoms with van der Waals surface area (Å²) < 4.78 is 5.71. The summed E-state index contributed by atoms with van der Waals surface area (Å²) in [6.07, 6.45) is 2.93. The molecule has 5 nitrogen and oxygen atoms in total. The average molecular weight is 277 g/mol. The van der Waals surface area contributed by atoms with Crippen molar-refractivity contribution in [2.75, 3.05) is 18.5 Å². The van der Waals surface area contributed by atoms with Gasteiger partial charge in [0, 0.05) is 25.3 Å². The number of anilines is 1. The van der Waals surface area contributed by atoms with Crippen molar-refractivity contribution in [2.24, 2.45) is 11.8 Å².